The predicted octanol–water partition coefficient (Wildman–Crippen LogP) is 2.27. The van der Waals surface area contributed by atoms with E-state index in [9.17, 15) is 4.79 Å². The average Bonchev–Trinajstić information content (AvgIpc) is 2.96. The number of carbonyl (C=O) groups excluding carboxylic acids is 1. The monoisotopic (exact) mass is 313 g/mol. The van der Waals surface area contributed by atoms with Gasteiger partial charge < -0.3 is 4.74 Å². The van der Waals surface area contributed by atoms with Crippen LogP contribution in [0, 0.1) is 11.8 Å². The standard InChI is InChI=1S/C16H19N5O2/c1-16(2,3)23-15(22)19-14-8-7-13(12-17-14)6-4-5-10-21-11-9-18-20-21/h7-9,11-12H,6,10H2,1-3H3,(H,17,19,22). The number of hydrogen-bond donors (Lipinski definition) is 1. The van der Waals surface area contributed by atoms with Gasteiger partial charge in [-0.25, -0.2) is 14.5 Å². The average molecular weight is 313 g/mol. The fourth-order valence-electron chi connectivity index (χ4n) is 1.63. The van der Waals surface area contributed by atoms with E-state index in [0.29, 0.717) is 18.8 Å². The van der Waals surface area contributed by atoms with Crippen LogP contribution < -0.4 is 5.32 Å². The van der Waals surface area contributed by atoms with Gasteiger partial charge in [0.15, 0.2) is 0 Å². The van der Waals surface area contributed by atoms with Gasteiger partial charge in [-0.15, -0.1) is 5.10 Å². The molecule has 0 spiro atoms. The molecule has 0 saturated carbocycles. The van der Waals surface area contributed by atoms with Crippen LogP contribution in [-0.2, 0) is 17.7 Å². The lowest BCUT2D eigenvalue weighted by Gasteiger charge is -2.19. The molecule has 0 aliphatic heterocycles. The summed E-state index contributed by atoms with van der Waals surface area (Å²) in [6.45, 7) is 5.93. The van der Waals surface area contributed by atoms with Crippen molar-refractivity contribution in [3.63, 3.8) is 0 Å². The first-order valence-electron chi connectivity index (χ1n) is 7.17. The Labute approximate surface area is 135 Å². The van der Waals surface area contributed by atoms with Gasteiger partial charge in [-0.1, -0.05) is 23.1 Å². The lowest BCUT2D eigenvalue weighted by molar-refractivity contribution is 0.0635. The fraction of sp³-hybridized carbons (Fsp3) is 0.375. The Hall–Kier alpha value is -2.88. The number of pyridine rings is 1. The zero-order valence-corrected chi connectivity index (χ0v) is 13.4. The molecule has 1 N–H and O–H groups in total. The summed E-state index contributed by atoms with van der Waals surface area (Å²) in [5, 5.41) is 10.1. The number of nitrogens with one attached hydrogen (secondary N) is 1. The van der Waals surface area contributed by atoms with Crippen LogP contribution in [0.1, 0.15) is 26.3 Å². The summed E-state index contributed by atoms with van der Waals surface area (Å²) in [5.41, 5.74) is 0.426. The van der Waals surface area contributed by atoms with Crippen LogP contribution in [0.15, 0.2) is 30.7 Å². The van der Waals surface area contributed by atoms with Crippen LogP contribution in [0.4, 0.5) is 10.6 Å². The van der Waals surface area contributed by atoms with E-state index in [0.717, 1.165) is 5.56 Å². The molecule has 7 heteroatoms. The third kappa shape index (κ3) is 6.18. The smallest absolute Gasteiger partial charge is 0.413 e. The number of rotatable bonds is 3. The van der Waals surface area contributed by atoms with Gasteiger partial charge in [-0.05, 0) is 32.4 Å². The van der Waals surface area contributed by atoms with Crippen molar-refractivity contribution in [1.82, 2.24) is 20.0 Å². The Morgan fingerprint density at radius 2 is 2.17 bits per heavy atom. The molecule has 0 unspecified atom stereocenters. The first-order valence-corrected chi connectivity index (χ1v) is 7.17. The summed E-state index contributed by atoms with van der Waals surface area (Å²) in [5.74, 6) is 6.49. The third-order valence-corrected chi connectivity index (χ3v) is 2.58. The van der Waals surface area contributed by atoms with Crippen molar-refractivity contribution in [2.45, 2.75) is 39.3 Å². The maximum Gasteiger partial charge on any atom is 0.413 e. The van der Waals surface area contributed by atoms with E-state index in [1.54, 1.807) is 50.1 Å². The minimum absolute atomic E-state index is 0.443. The summed E-state index contributed by atoms with van der Waals surface area (Å²) in [7, 11) is 0. The van der Waals surface area contributed by atoms with Gasteiger partial charge in [-0.2, -0.15) is 0 Å². The summed E-state index contributed by atoms with van der Waals surface area (Å²) < 4.78 is 6.81. The molecule has 2 aromatic heterocycles. The first-order chi connectivity index (χ1) is 10.9. The van der Waals surface area contributed by atoms with Gasteiger partial charge in [0.25, 0.3) is 0 Å². The maximum absolute atomic E-state index is 11.6. The first kappa shape index (κ1) is 16.5. The highest BCUT2D eigenvalue weighted by Gasteiger charge is 2.16. The summed E-state index contributed by atoms with van der Waals surface area (Å²) in [4.78, 5) is 15.8. The largest absolute Gasteiger partial charge is 0.444 e. The van der Waals surface area contributed by atoms with Crippen LogP contribution >= 0.6 is 0 Å². The molecule has 7 nitrogen and oxygen atoms in total. The number of aromatic nitrogens is 4. The van der Waals surface area contributed by atoms with Crippen molar-refractivity contribution in [1.29, 1.82) is 0 Å². The molecule has 0 atom stereocenters. The van der Waals surface area contributed by atoms with Crippen molar-refractivity contribution in [3.8, 4) is 11.8 Å². The second-order valence-electron chi connectivity index (χ2n) is 5.81. The number of hydrogen-bond acceptors (Lipinski definition) is 5. The highest BCUT2D eigenvalue weighted by Crippen LogP contribution is 2.10. The zero-order valence-electron chi connectivity index (χ0n) is 13.4. The van der Waals surface area contributed by atoms with Crippen molar-refractivity contribution in [3.05, 3.63) is 36.3 Å². The zero-order chi connectivity index (χ0) is 16.7. The van der Waals surface area contributed by atoms with Crippen molar-refractivity contribution >= 4 is 11.9 Å². The second kappa shape index (κ2) is 7.40. The molecule has 120 valence electrons. The van der Waals surface area contributed by atoms with Gasteiger partial charge in [0.2, 0.25) is 0 Å². The molecule has 0 radical (unpaired) electrons. The van der Waals surface area contributed by atoms with Gasteiger partial charge in [0.05, 0.1) is 6.20 Å². The normalized spacial score (nSPS) is 10.6. The van der Waals surface area contributed by atoms with Crippen molar-refractivity contribution in [2.75, 3.05) is 5.32 Å². The van der Waals surface area contributed by atoms with E-state index in [-0.39, 0.29) is 0 Å². The Morgan fingerprint density at radius 3 is 2.78 bits per heavy atom. The molecule has 2 rings (SSSR count). The van der Waals surface area contributed by atoms with Crippen LogP contribution in [0.5, 0.6) is 0 Å². The molecule has 1 amide bonds. The molecule has 2 heterocycles. The summed E-state index contributed by atoms with van der Waals surface area (Å²) in [6, 6.07) is 3.59. The fourth-order valence-corrected chi connectivity index (χ4v) is 1.63. The highest BCUT2D eigenvalue weighted by atomic mass is 16.6. The van der Waals surface area contributed by atoms with Crippen LogP contribution in [0.3, 0.4) is 0 Å². The topological polar surface area (TPSA) is 81.9 Å². The predicted molar refractivity (Wildman–Crippen MR) is 85.6 cm³/mol. The van der Waals surface area contributed by atoms with E-state index < -0.39 is 11.7 Å². The Kier molecular flexibility index (Phi) is 5.31. The van der Waals surface area contributed by atoms with Gasteiger partial charge in [0.1, 0.15) is 18.0 Å². The number of amides is 1. The minimum Gasteiger partial charge on any atom is -0.444 e. The van der Waals surface area contributed by atoms with Crippen LogP contribution in [0.25, 0.3) is 0 Å². The minimum atomic E-state index is -0.538. The molecular formula is C16H19N5O2. The molecule has 0 saturated heterocycles. The van der Waals surface area contributed by atoms with Crippen LogP contribution in [-0.4, -0.2) is 31.7 Å². The SMILES string of the molecule is CC(C)(C)OC(=O)Nc1ccc(CC#CCn2ccnn2)cn1. The molecule has 0 aliphatic rings. The van der Waals surface area contributed by atoms with E-state index in [4.69, 9.17) is 4.74 Å². The Bertz CT molecular complexity index is 691. The van der Waals surface area contributed by atoms with E-state index >= 15 is 0 Å². The number of ether oxygens (including phenoxy) is 1. The highest BCUT2D eigenvalue weighted by molar-refractivity contribution is 5.83. The molecule has 0 fully saturated rings. The van der Waals surface area contributed by atoms with Crippen molar-refractivity contribution < 1.29 is 9.53 Å². The Morgan fingerprint density at radius 1 is 1.35 bits per heavy atom. The lowest BCUT2D eigenvalue weighted by Crippen LogP contribution is -2.27. The van der Waals surface area contributed by atoms with E-state index in [1.807, 2.05) is 6.07 Å². The van der Waals surface area contributed by atoms with Gasteiger partial charge in [-0.3, -0.25) is 5.32 Å². The number of nitrogens with zero attached hydrogens (tertiary/aromatic N) is 4. The van der Waals surface area contributed by atoms with Crippen molar-refractivity contribution in [2.24, 2.45) is 0 Å². The Balaban J connectivity index is 1.82. The quantitative estimate of drug-likeness (QED) is 0.879. The molecule has 2 aromatic rings. The van der Waals surface area contributed by atoms with Gasteiger partial charge >= 0.3 is 6.09 Å². The third-order valence-electron chi connectivity index (χ3n) is 2.58. The molecule has 0 aromatic carbocycles. The summed E-state index contributed by atoms with van der Waals surface area (Å²) >= 11 is 0. The lowest BCUT2D eigenvalue weighted by atomic mass is 10.2. The molecule has 23 heavy (non-hydrogen) atoms. The molecular weight excluding hydrogens is 294 g/mol. The maximum atomic E-state index is 11.6. The second-order valence-corrected chi connectivity index (χ2v) is 5.81. The van der Waals surface area contributed by atoms with Crippen LogP contribution in [0.2, 0.25) is 0 Å². The molecule has 0 bridgehead atoms. The van der Waals surface area contributed by atoms with E-state index in [1.165, 1.54) is 0 Å². The van der Waals surface area contributed by atoms with E-state index in [2.05, 4.69) is 32.5 Å². The molecule has 0 aliphatic carbocycles. The number of carbonyl (C=O) groups is 1. The van der Waals surface area contributed by atoms with Gasteiger partial charge in [0, 0.05) is 18.8 Å². The number of anilines is 1. The summed E-state index contributed by atoms with van der Waals surface area (Å²) in [6.07, 6.45) is 5.10.